The molecule has 0 atom stereocenters. The van der Waals surface area contributed by atoms with Crippen molar-refractivity contribution in [2.45, 2.75) is 31.5 Å². The molecule has 0 fully saturated rings. The lowest BCUT2D eigenvalue weighted by atomic mass is 10.2. The maximum Gasteiger partial charge on any atom is 0.416 e. The van der Waals surface area contributed by atoms with Crippen molar-refractivity contribution in [3.05, 3.63) is 58.4 Å². The van der Waals surface area contributed by atoms with E-state index in [1.807, 2.05) is 13.8 Å². The van der Waals surface area contributed by atoms with E-state index in [0.29, 0.717) is 18.1 Å². The Morgan fingerprint density at radius 3 is 2.50 bits per heavy atom. The molecule has 0 saturated carbocycles. The Morgan fingerprint density at radius 2 is 1.86 bits per heavy atom. The van der Waals surface area contributed by atoms with Crippen molar-refractivity contribution in [1.29, 1.82) is 0 Å². The zero-order valence-electron chi connectivity index (χ0n) is 15.0. The molecule has 1 aromatic heterocycles. The monoisotopic (exact) mass is 413 g/mol. The number of halogens is 3. The summed E-state index contributed by atoms with van der Waals surface area (Å²) in [7, 11) is -4.26. The molecule has 0 saturated heterocycles. The largest absolute Gasteiger partial charge is 0.416 e. The van der Waals surface area contributed by atoms with Gasteiger partial charge in [-0.2, -0.15) is 13.2 Å². The first kappa shape index (κ1) is 20.0. The zero-order valence-corrected chi connectivity index (χ0v) is 15.9. The van der Waals surface area contributed by atoms with Gasteiger partial charge in [0.25, 0.3) is 15.6 Å². The van der Waals surface area contributed by atoms with Crippen LogP contribution in [0, 0.1) is 5.92 Å². The molecule has 0 aliphatic carbocycles. The number of benzene rings is 2. The van der Waals surface area contributed by atoms with Crippen molar-refractivity contribution in [2.24, 2.45) is 5.92 Å². The average molecular weight is 413 g/mol. The fourth-order valence-electron chi connectivity index (χ4n) is 2.82. The van der Waals surface area contributed by atoms with E-state index in [2.05, 4.69) is 9.82 Å². The smallest absolute Gasteiger partial charge is 0.284 e. The minimum Gasteiger partial charge on any atom is -0.284 e. The molecule has 0 aliphatic rings. The standard InChI is InChI=1S/C18H18F3N3O3S/c1-11(2)10-24-16-7-6-13(9-15(16)17(25)22-24)23-28(26,27)14-5-3-4-12(8-14)18(19,20)21/h3-9,11,23H,10H2,1-2H3,(H,22,25). The van der Waals surface area contributed by atoms with E-state index in [1.54, 1.807) is 10.7 Å². The summed E-state index contributed by atoms with van der Waals surface area (Å²) in [4.78, 5) is 11.6. The quantitative estimate of drug-likeness (QED) is 0.667. The number of rotatable bonds is 5. The van der Waals surface area contributed by atoms with E-state index in [-0.39, 0.29) is 22.6 Å². The van der Waals surface area contributed by atoms with Crippen molar-refractivity contribution >= 4 is 26.6 Å². The van der Waals surface area contributed by atoms with Crippen molar-refractivity contribution in [1.82, 2.24) is 9.78 Å². The Kier molecular flexibility index (Phi) is 5.00. The topological polar surface area (TPSA) is 84.0 Å². The van der Waals surface area contributed by atoms with Crippen LogP contribution in [0.15, 0.2) is 52.2 Å². The van der Waals surface area contributed by atoms with Gasteiger partial charge in [-0.15, -0.1) is 0 Å². The second-order valence-electron chi connectivity index (χ2n) is 6.81. The number of hydrogen-bond donors (Lipinski definition) is 2. The van der Waals surface area contributed by atoms with Gasteiger partial charge in [0.2, 0.25) is 0 Å². The summed E-state index contributed by atoms with van der Waals surface area (Å²) in [6.45, 7) is 4.55. The van der Waals surface area contributed by atoms with Crippen LogP contribution in [0.25, 0.3) is 10.9 Å². The van der Waals surface area contributed by atoms with Gasteiger partial charge in [0, 0.05) is 12.2 Å². The molecule has 3 rings (SSSR count). The third kappa shape index (κ3) is 4.06. The summed E-state index contributed by atoms with van der Waals surface area (Å²) < 4.78 is 67.4. The van der Waals surface area contributed by atoms with Gasteiger partial charge in [-0.25, -0.2) is 8.42 Å². The van der Waals surface area contributed by atoms with Gasteiger partial charge in [0.15, 0.2) is 0 Å². The van der Waals surface area contributed by atoms with Crippen LogP contribution in [-0.4, -0.2) is 18.2 Å². The van der Waals surface area contributed by atoms with Gasteiger partial charge in [-0.05, 0) is 42.3 Å². The molecular formula is C18H18F3N3O3S. The number of aromatic nitrogens is 2. The maximum absolute atomic E-state index is 12.8. The van der Waals surface area contributed by atoms with Crippen molar-refractivity contribution < 1.29 is 21.6 Å². The van der Waals surface area contributed by atoms with Crippen molar-refractivity contribution in [2.75, 3.05) is 4.72 Å². The molecule has 0 amide bonds. The molecule has 28 heavy (non-hydrogen) atoms. The predicted molar refractivity (Wildman–Crippen MR) is 99.6 cm³/mol. The number of hydrogen-bond acceptors (Lipinski definition) is 3. The number of alkyl halides is 3. The first-order chi connectivity index (χ1) is 13.0. The van der Waals surface area contributed by atoms with Crippen LogP contribution in [0.4, 0.5) is 18.9 Å². The number of nitrogens with zero attached hydrogens (tertiary/aromatic N) is 1. The van der Waals surface area contributed by atoms with E-state index >= 15 is 0 Å². The molecule has 0 spiro atoms. The Balaban J connectivity index is 1.96. The van der Waals surface area contributed by atoms with Gasteiger partial charge in [-0.1, -0.05) is 19.9 Å². The minimum atomic E-state index is -4.66. The summed E-state index contributed by atoms with van der Waals surface area (Å²) in [5.41, 5.74) is -0.748. The van der Waals surface area contributed by atoms with Gasteiger partial charge in [-0.3, -0.25) is 19.3 Å². The Morgan fingerprint density at radius 1 is 1.14 bits per heavy atom. The molecule has 0 aliphatic heterocycles. The normalized spacial score (nSPS) is 12.6. The van der Waals surface area contributed by atoms with Crippen molar-refractivity contribution in [3.8, 4) is 0 Å². The summed E-state index contributed by atoms with van der Waals surface area (Å²) in [6, 6.07) is 7.85. The fraction of sp³-hybridized carbons (Fsp3) is 0.278. The number of H-pyrrole nitrogens is 1. The summed E-state index contributed by atoms with van der Waals surface area (Å²) in [5.74, 6) is 0.283. The lowest BCUT2D eigenvalue weighted by Crippen LogP contribution is -2.14. The lowest BCUT2D eigenvalue weighted by Gasteiger charge is -2.11. The van der Waals surface area contributed by atoms with Crippen LogP contribution >= 0.6 is 0 Å². The second kappa shape index (κ2) is 7.01. The van der Waals surface area contributed by atoms with Gasteiger partial charge < -0.3 is 0 Å². The van der Waals surface area contributed by atoms with Crippen molar-refractivity contribution in [3.63, 3.8) is 0 Å². The Bertz CT molecular complexity index is 1180. The highest BCUT2D eigenvalue weighted by molar-refractivity contribution is 7.92. The molecule has 150 valence electrons. The summed E-state index contributed by atoms with van der Waals surface area (Å²) in [6.07, 6.45) is -4.66. The highest BCUT2D eigenvalue weighted by atomic mass is 32.2. The fourth-order valence-corrected chi connectivity index (χ4v) is 3.92. The van der Waals surface area contributed by atoms with Crippen LogP contribution in [0.5, 0.6) is 0 Å². The number of fused-ring (bicyclic) bond motifs is 1. The van der Waals surface area contributed by atoms with Crippen LogP contribution in [0.1, 0.15) is 19.4 Å². The van der Waals surface area contributed by atoms with Gasteiger partial charge in [0.1, 0.15) is 0 Å². The molecule has 2 aromatic carbocycles. The predicted octanol–water partition coefficient (Wildman–Crippen LogP) is 3.81. The summed E-state index contributed by atoms with van der Waals surface area (Å²) in [5, 5.41) is 2.97. The second-order valence-corrected chi connectivity index (χ2v) is 8.49. The number of nitrogens with one attached hydrogen (secondary N) is 2. The zero-order chi connectivity index (χ0) is 20.7. The van der Waals surface area contributed by atoms with E-state index in [0.717, 1.165) is 18.2 Å². The van der Waals surface area contributed by atoms with E-state index in [1.165, 1.54) is 12.1 Å². The first-order valence-electron chi connectivity index (χ1n) is 8.40. The minimum absolute atomic E-state index is 0.0812. The summed E-state index contributed by atoms with van der Waals surface area (Å²) >= 11 is 0. The highest BCUT2D eigenvalue weighted by Crippen LogP contribution is 2.31. The van der Waals surface area contributed by atoms with Crippen LogP contribution < -0.4 is 10.3 Å². The molecule has 6 nitrogen and oxygen atoms in total. The van der Waals surface area contributed by atoms with Gasteiger partial charge in [0.05, 0.1) is 21.4 Å². The third-order valence-corrected chi connectivity index (χ3v) is 5.42. The Hall–Kier alpha value is -2.75. The first-order valence-corrected chi connectivity index (χ1v) is 9.88. The van der Waals surface area contributed by atoms with Crippen LogP contribution in [0.2, 0.25) is 0 Å². The van der Waals surface area contributed by atoms with Crippen LogP contribution in [-0.2, 0) is 22.7 Å². The number of aromatic amines is 1. The van der Waals surface area contributed by atoms with E-state index in [4.69, 9.17) is 0 Å². The molecule has 0 radical (unpaired) electrons. The lowest BCUT2D eigenvalue weighted by molar-refractivity contribution is -0.137. The molecule has 0 bridgehead atoms. The van der Waals surface area contributed by atoms with Gasteiger partial charge >= 0.3 is 6.18 Å². The highest BCUT2D eigenvalue weighted by Gasteiger charge is 2.31. The van der Waals surface area contributed by atoms with E-state index in [9.17, 15) is 26.4 Å². The molecule has 1 heterocycles. The Labute approximate surface area is 159 Å². The van der Waals surface area contributed by atoms with Crippen LogP contribution in [0.3, 0.4) is 0 Å². The number of anilines is 1. The molecule has 2 N–H and O–H groups in total. The molecule has 3 aromatic rings. The number of sulfonamides is 1. The van der Waals surface area contributed by atoms with E-state index < -0.39 is 26.7 Å². The molecule has 10 heteroatoms. The third-order valence-electron chi connectivity index (χ3n) is 4.04. The molecule has 0 unspecified atom stereocenters. The molecular weight excluding hydrogens is 395 g/mol. The SMILES string of the molecule is CC(C)Cn1[nH]c(=O)c2cc(NS(=O)(=O)c3cccc(C(F)(F)F)c3)ccc21. The maximum atomic E-state index is 12.8. The average Bonchev–Trinajstić information content (AvgIpc) is 2.88.